The minimum Gasteiger partial charge on any atom is -0.456 e. The molecule has 1 aliphatic rings. The topological polar surface area (TPSA) is 25.5 Å². The molecular weight excluding hydrogens is 402 g/mol. The van der Waals surface area contributed by atoms with Gasteiger partial charge in [0.2, 0.25) is 0 Å². The summed E-state index contributed by atoms with van der Waals surface area (Å²) in [5.74, 6) is 0.565. The van der Waals surface area contributed by atoms with Crippen LogP contribution in [0.15, 0.2) is 94.4 Å². The molecule has 0 saturated carbocycles. The fourth-order valence-corrected chi connectivity index (χ4v) is 4.69. The summed E-state index contributed by atoms with van der Waals surface area (Å²) < 4.78 is 5.96. The number of aryl methyl sites for hydroxylation is 1. The maximum atomic E-state index is 5.96. The summed E-state index contributed by atoms with van der Waals surface area (Å²) in [4.78, 5) is 4.90. The van der Waals surface area contributed by atoms with Crippen LogP contribution < -0.4 is 0 Å². The van der Waals surface area contributed by atoms with Crippen LogP contribution in [-0.2, 0) is 0 Å². The molecule has 0 fully saturated rings. The zero-order valence-electron chi connectivity index (χ0n) is 19.8. The van der Waals surface area contributed by atoms with Crippen molar-refractivity contribution in [3.63, 3.8) is 0 Å². The van der Waals surface area contributed by atoms with Crippen molar-refractivity contribution in [2.45, 2.75) is 34.1 Å². The third-order valence-corrected chi connectivity index (χ3v) is 6.67. The lowest BCUT2D eigenvalue weighted by atomic mass is 9.84. The Kier molecular flexibility index (Phi) is 5.38. The lowest BCUT2D eigenvalue weighted by Crippen LogP contribution is -2.04. The Balaban J connectivity index is 1.49. The molecule has 0 amide bonds. The maximum absolute atomic E-state index is 5.96. The van der Waals surface area contributed by atoms with Gasteiger partial charge in [-0.15, -0.1) is 0 Å². The van der Waals surface area contributed by atoms with Crippen molar-refractivity contribution in [2.24, 2.45) is 10.9 Å². The van der Waals surface area contributed by atoms with Gasteiger partial charge in [0.05, 0.1) is 5.70 Å². The molecule has 0 spiro atoms. The van der Waals surface area contributed by atoms with E-state index in [1.54, 1.807) is 0 Å². The summed E-state index contributed by atoms with van der Waals surface area (Å²) in [6.45, 7) is 13.0. The van der Waals surface area contributed by atoms with Crippen LogP contribution in [0.5, 0.6) is 0 Å². The van der Waals surface area contributed by atoms with Crippen molar-refractivity contribution in [3.8, 4) is 0 Å². The number of fused-ring (bicyclic) bond motifs is 3. The number of benzene rings is 3. The fourth-order valence-electron chi connectivity index (χ4n) is 4.69. The van der Waals surface area contributed by atoms with Gasteiger partial charge in [0, 0.05) is 22.0 Å². The van der Waals surface area contributed by atoms with Gasteiger partial charge >= 0.3 is 0 Å². The van der Waals surface area contributed by atoms with Crippen LogP contribution in [0.4, 0.5) is 0 Å². The van der Waals surface area contributed by atoms with Crippen molar-refractivity contribution in [1.29, 1.82) is 0 Å². The van der Waals surface area contributed by atoms with E-state index in [-0.39, 0.29) is 0 Å². The summed E-state index contributed by atoms with van der Waals surface area (Å²) >= 11 is 0. The maximum Gasteiger partial charge on any atom is 0.135 e. The summed E-state index contributed by atoms with van der Waals surface area (Å²) in [6, 6.07) is 21.0. The third-order valence-electron chi connectivity index (χ3n) is 6.67. The first-order valence-electron chi connectivity index (χ1n) is 11.6. The number of allylic oxidation sites excluding steroid dienone is 4. The molecule has 33 heavy (non-hydrogen) atoms. The van der Waals surface area contributed by atoms with Gasteiger partial charge in [-0.05, 0) is 91.3 Å². The highest BCUT2D eigenvalue weighted by atomic mass is 16.3. The number of nitrogens with zero attached hydrogens (tertiary/aromatic N) is 1. The zero-order valence-corrected chi connectivity index (χ0v) is 19.8. The molecule has 2 heteroatoms. The van der Waals surface area contributed by atoms with Crippen LogP contribution in [0.2, 0.25) is 0 Å². The first kappa shape index (κ1) is 21.2. The molecule has 5 rings (SSSR count). The monoisotopic (exact) mass is 431 g/mol. The van der Waals surface area contributed by atoms with Crippen LogP contribution >= 0.6 is 0 Å². The standard InChI is InChI=1S/C31H29NO/c1-19-10-11-20(2)27(16-19)28-17-24(13-12-21(28)3)22(4)32-23(5)25-14-15-31-29(18-25)26-8-6-7-9-30(26)33-31/h6-15,17-19H,5,16H2,1-4H3. The molecule has 1 aromatic heterocycles. The van der Waals surface area contributed by atoms with Gasteiger partial charge in [-0.1, -0.05) is 56.0 Å². The molecule has 1 atom stereocenters. The average molecular weight is 432 g/mol. The highest BCUT2D eigenvalue weighted by Gasteiger charge is 2.16. The van der Waals surface area contributed by atoms with E-state index in [1.165, 1.54) is 22.3 Å². The lowest BCUT2D eigenvalue weighted by Gasteiger charge is -2.21. The van der Waals surface area contributed by atoms with Gasteiger partial charge in [0.1, 0.15) is 11.2 Å². The average Bonchev–Trinajstić information content (AvgIpc) is 3.19. The Labute approximate surface area is 195 Å². The highest BCUT2D eigenvalue weighted by Crippen LogP contribution is 2.34. The molecule has 4 aromatic rings. The fraction of sp³-hybridized carbons (Fsp3) is 0.194. The number of hydrogen-bond acceptors (Lipinski definition) is 2. The number of aliphatic imine (C=N–C) groups is 1. The van der Waals surface area contributed by atoms with Crippen molar-refractivity contribution < 1.29 is 4.42 Å². The first-order chi connectivity index (χ1) is 15.9. The van der Waals surface area contributed by atoms with E-state index in [4.69, 9.17) is 9.41 Å². The molecule has 164 valence electrons. The SMILES string of the molecule is C=C(N=C(C)c1ccc(C)c(C2=C(C)C=CC(C)C2)c1)c1ccc2oc3ccccc3c2c1. The first-order valence-corrected chi connectivity index (χ1v) is 11.6. The minimum atomic E-state index is 0.565. The molecule has 2 nitrogen and oxygen atoms in total. The van der Waals surface area contributed by atoms with E-state index in [0.29, 0.717) is 5.92 Å². The predicted octanol–water partition coefficient (Wildman–Crippen LogP) is 8.74. The lowest BCUT2D eigenvalue weighted by molar-refractivity contribution is 0.669. The Morgan fingerprint density at radius 1 is 0.939 bits per heavy atom. The van der Waals surface area contributed by atoms with Gasteiger partial charge in [0.15, 0.2) is 0 Å². The number of rotatable bonds is 4. The van der Waals surface area contributed by atoms with Crippen molar-refractivity contribution in [1.82, 2.24) is 0 Å². The zero-order chi connectivity index (χ0) is 23.1. The smallest absolute Gasteiger partial charge is 0.135 e. The van der Waals surface area contributed by atoms with Crippen molar-refractivity contribution in [2.75, 3.05) is 0 Å². The highest BCUT2D eigenvalue weighted by molar-refractivity contribution is 6.06. The Morgan fingerprint density at radius 3 is 2.55 bits per heavy atom. The second-order valence-corrected chi connectivity index (χ2v) is 9.18. The Hall–Kier alpha value is -3.65. The normalized spacial score (nSPS) is 16.7. The molecule has 0 N–H and O–H groups in total. The molecule has 0 saturated heterocycles. The Bertz CT molecular complexity index is 1490. The van der Waals surface area contributed by atoms with Crippen LogP contribution in [-0.4, -0.2) is 5.71 Å². The van der Waals surface area contributed by atoms with E-state index in [2.05, 4.69) is 76.8 Å². The minimum absolute atomic E-state index is 0.565. The number of furan rings is 1. The molecule has 0 aliphatic heterocycles. The molecular formula is C31H29NO. The quantitative estimate of drug-likeness (QED) is 0.297. The summed E-state index contributed by atoms with van der Waals surface area (Å²) in [5.41, 5.74) is 11.1. The molecule has 1 heterocycles. The van der Waals surface area contributed by atoms with E-state index < -0.39 is 0 Å². The molecule has 0 radical (unpaired) electrons. The van der Waals surface area contributed by atoms with E-state index in [9.17, 15) is 0 Å². The molecule has 1 aliphatic carbocycles. The van der Waals surface area contributed by atoms with Gasteiger partial charge < -0.3 is 4.42 Å². The van der Waals surface area contributed by atoms with E-state index in [0.717, 1.165) is 50.9 Å². The van der Waals surface area contributed by atoms with Gasteiger partial charge in [-0.2, -0.15) is 0 Å². The second kappa shape index (κ2) is 8.37. The molecule has 0 bridgehead atoms. The second-order valence-electron chi connectivity index (χ2n) is 9.18. The van der Waals surface area contributed by atoms with Gasteiger partial charge in [-0.25, -0.2) is 0 Å². The Morgan fingerprint density at radius 2 is 1.70 bits per heavy atom. The number of para-hydroxylation sites is 1. The van der Waals surface area contributed by atoms with E-state index >= 15 is 0 Å². The molecule has 1 unspecified atom stereocenters. The summed E-state index contributed by atoms with van der Waals surface area (Å²) in [6.07, 6.45) is 5.64. The van der Waals surface area contributed by atoms with Crippen molar-refractivity contribution in [3.05, 3.63) is 107 Å². The number of hydrogen-bond donors (Lipinski definition) is 0. The van der Waals surface area contributed by atoms with Crippen LogP contribution in [0.25, 0.3) is 33.2 Å². The van der Waals surface area contributed by atoms with E-state index in [1.807, 2.05) is 30.3 Å². The van der Waals surface area contributed by atoms with Crippen LogP contribution in [0.1, 0.15) is 49.4 Å². The summed E-state index contributed by atoms with van der Waals surface area (Å²) in [7, 11) is 0. The largest absolute Gasteiger partial charge is 0.456 e. The van der Waals surface area contributed by atoms with Crippen LogP contribution in [0, 0.1) is 12.8 Å². The van der Waals surface area contributed by atoms with Crippen LogP contribution in [0.3, 0.4) is 0 Å². The van der Waals surface area contributed by atoms with Crippen molar-refractivity contribution >= 4 is 38.9 Å². The third kappa shape index (κ3) is 3.98. The summed E-state index contributed by atoms with van der Waals surface area (Å²) in [5, 5.41) is 2.21. The van der Waals surface area contributed by atoms with Gasteiger partial charge in [0.25, 0.3) is 0 Å². The molecule has 3 aromatic carbocycles. The van der Waals surface area contributed by atoms with Gasteiger partial charge in [-0.3, -0.25) is 4.99 Å². The predicted molar refractivity (Wildman–Crippen MR) is 142 cm³/mol.